The van der Waals surface area contributed by atoms with Gasteiger partial charge in [0.15, 0.2) is 0 Å². The summed E-state index contributed by atoms with van der Waals surface area (Å²) in [4.78, 5) is 0. The average Bonchev–Trinajstić information content (AvgIpc) is 2.39. The Kier molecular flexibility index (Phi) is 3.69. The van der Waals surface area contributed by atoms with Crippen LogP contribution in [0.15, 0.2) is 30.5 Å². The minimum absolute atomic E-state index is 0.352. The average molecular weight is 270 g/mol. The first-order valence-electron chi connectivity index (χ1n) is 5.29. The second-order valence-corrected chi connectivity index (χ2v) is 4.76. The normalized spacial score (nSPS) is 11.7. The molecule has 1 aromatic carbocycles. The van der Waals surface area contributed by atoms with Gasteiger partial charge in [0.25, 0.3) is 0 Å². The molecule has 0 saturated heterocycles. The molecule has 1 heterocycles. The lowest BCUT2D eigenvalue weighted by Gasteiger charge is -2.27. The van der Waals surface area contributed by atoms with E-state index in [0.29, 0.717) is 11.8 Å². The van der Waals surface area contributed by atoms with Gasteiger partial charge in [-0.15, -0.1) is 23.2 Å². The van der Waals surface area contributed by atoms with E-state index in [0.717, 1.165) is 16.6 Å². The number of hydrogen-bond acceptors (Lipinski definition) is 3. The summed E-state index contributed by atoms with van der Waals surface area (Å²) in [5.41, 5.74) is 1.40. The lowest BCUT2D eigenvalue weighted by molar-refractivity contribution is 0.649. The van der Waals surface area contributed by atoms with E-state index < -0.39 is 0 Å². The third-order valence-corrected chi connectivity index (χ3v) is 3.75. The number of aromatic nitrogens is 2. The molecule has 0 saturated carbocycles. The van der Waals surface area contributed by atoms with E-state index in [4.69, 9.17) is 23.2 Å². The first kappa shape index (κ1) is 12.4. The van der Waals surface area contributed by atoms with Crippen LogP contribution in [0.25, 0.3) is 10.9 Å². The zero-order valence-corrected chi connectivity index (χ0v) is 11.0. The zero-order chi connectivity index (χ0) is 12.3. The summed E-state index contributed by atoms with van der Waals surface area (Å²) < 4.78 is 0. The van der Waals surface area contributed by atoms with Crippen LogP contribution in [0.3, 0.4) is 0 Å². The number of halogens is 2. The van der Waals surface area contributed by atoms with Crippen LogP contribution < -0.4 is 5.32 Å². The SMILES string of the molecule is CC(CCl)(CCl)Nc1cnnc2ccccc12. The van der Waals surface area contributed by atoms with Gasteiger partial charge < -0.3 is 5.32 Å². The molecule has 0 atom stereocenters. The Labute approximate surface area is 110 Å². The molecule has 0 aliphatic rings. The van der Waals surface area contributed by atoms with Gasteiger partial charge in [-0.3, -0.25) is 0 Å². The molecular weight excluding hydrogens is 257 g/mol. The first-order chi connectivity index (χ1) is 8.18. The fraction of sp³-hybridized carbons (Fsp3) is 0.333. The lowest BCUT2D eigenvalue weighted by atomic mass is 10.1. The fourth-order valence-electron chi connectivity index (χ4n) is 1.53. The van der Waals surface area contributed by atoms with Crippen LogP contribution in [-0.4, -0.2) is 27.5 Å². The van der Waals surface area contributed by atoms with Gasteiger partial charge in [-0.2, -0.15) is 10.2 Å². The molecule has 17 heavy (non-hydrogen) atoms. The summed E-state index contributed by atoms with van der Waals surface area (Å²) in [6, 6.07) is 7.82. The first-order valence-corrected chi connectivity index (χ1v) is 6.36. The molecule has 1 N–H and O–H groups in total. The van der Waals surface area contributed by atoms with Crippen molar-refractivity contribution in [3.8, 4) is 0 Å². The molecule has 90 valence electrons. The second-order valence-electron chi connectivity index (χ2n) is 4.23. The number of fused-ring (bicyclic) bond motifs is 1. The van der Waals surface area contributed by atoms with Crippen molar-refractivity contribution in [1.82, 2.24) is 10.2 Å². The van der Waals surface area contributed by atoms with Crippen molar-refractivity contribution in [2.75, 3.05) is 17.1 Å². The Balaban J connectivity index is 2.42. The highest BCUT2D eigenvalue weighted by molar-refractivity contribution is 6.22. The van der Waals surface area contributed by atoms with Gasteiger partial charge in [0.2, 0.25) is 0 Å². The summed E-state index contributed by atoms with van der Waals surface area (Å²) >= 11 is 11.9. The molecule has 0 aliphatic carbocycles. The maximum Gasteiger partial charge on any atom is 0.0950 e. The van der Waals surface area contributed by atoms with E-state index in [1.165, 1.54) is 0 Å². The van der Waals surface area contributed by atoms with Crippen LogP contribution in [0.1, 0.15) is 6.92 Å². The number of nitrogens with zero attached hydrogens (tertiary/aromatic N) is 2. The van der Waals surface area contributed by atoms with E-state index in [9.17, 15) is 0 Å². The van der Waals surface area contributed by atoms with Crippen LogP contribution in [0.4, 0.5) is 5.69 Å². The molecule has 5 heteroatoms. The largest absolute Gasteiger partial charge is 0.376 e. The summed E-state index contributed by atoms with van der Waals surface area (Å²) in [7, 11) is 0. The van der Waals surface area contributed by atoms with Gasteiger partial charge in [-0.25, -0.2) is 0 Å². The van der Waals surface area contributed by atoms with Crippen molar-refractivity contribution in [3.05, 3.63) is 30.5 Å². The van der Waals surface area contributed by atoms with Crippen molar-refractivity contribution >= 4 is 39.8 Å². The Bertz CT molecular complexity index is 507. The molecule has 0 amide bonds. The van der Waals surface area contributed by atoms with Crippen LogP contribution in [0.5, 0.6) is 0 Å². The molecule has 0 fully saturated rings. The topological polar surface area (TPSA) is 37.8 Å². The molecule has 0 bridgehead atoms. The highest BCUT2D eigenvalue weighted by Gasteiger charge is 2.22. The third kappa shape index (κ3) is 2.61. The van der Waals surface area contributed by atoms with Crippen molar-refractivity contribution in [3.63, 3.8) is 0 Å². The van der Waals surface area contributed by atoms with Crippen molar-refractivity contribution in [2.45, 2.75) is 12.5 Å². The molecular formula is C12H13Cl2N3. The van der Waals surface area contributed by atoms with E-state index in [-0.39, 0.29) is 5.54 Å². The van der Waals surface area contributed by atoms with Crippen LogP contribution in [0, 0.1) is 0 Å². The fourth-order valence-corrected chi connectivity index (χ4v) is 1.95. The molecule has 2 aromatic rings. The number of anilines is 1. The highest BCUT2D eigenvalue weighted by atomic mass is 35.5. The number of rotatable bonds is 4. The van der Waals surface area contributed by atoms with Crippen molar-refractivity contribution < 1.29 is 0 Å². The summed E-state index contributed by atoms with van der Waals surface area (Å²) in [5.74, 6) is 0.848. The zero-order valence-electron chi connectivity index (χ0n) is 9.45. The molecule has 2 rings (SSSR count). The maximum absolute atomic E-state index is 5.93. The number of nitrogens with one attached hydrogen (secondary N) is 1. The second kappa shape index (κ2) is 5.07. The van der Waals surface area contributed by atoms with E-state index in [1.807, 2.05) is 31.2 Å². The van der Waals surface area contributed by atoms with Crippen LogP contribution in [0.2, 0.25) is 0 Å². The smallest absolute Gasteiger partial charge is 0.0950 e. The van der Waals surface area contributed by atoms with Gasteiger partial charge in [-0.1, -0.05) is 18.2 Å². The van der Waals surface area contributed by atoms with Gasteiger partial charge in [0, 0.05) is 17.1 Å². The van der Waals surface area contributed by atoms with Gasteiger partial charge in [0.05, 0.1) is 22.9 Å². The van der Waals surface area contributed by atoms with Crippen LogP contribution in [-0.2, 0) is 0 Å². The van der Waals surface area contributed by atoms with E-state index in [1.54, 1.807) is 6.20 Å². The van der Waals surface area contributed by atoms with Crippen LogP contribution >= 0.6 is 23.2 Å². The predicted octanol–water partition coefficient (Wildman–Crippen LogP) is 3.28. The molecule has 0 spiro atoms. The number of hydrogen-bond donors (Lipinski definition) is 1. The third-order valence-electron chi connectivity index (χ3n) is 2.57. The maximum atomic E-state index is 5.93. The summed E-state index contributed by atoms with van der Waals surface area (Å²) in [5, 5.41) is 12.4. The molecule has 3 nitrogen and oxygen atoms in total. The molecule has 0 radical (unpaired) electrons. The number of benzene rings is 1. The Morgan fingerprint density at radius 2 is 1.94 bits per heavy atom. The molecule has 0 unspecified atom stereocenters. The summed E-state index contributed by atoms with van der Waals surface area (Å²) in [6.45, 7) is 1.97. The van der Waals surface area contributed by atoms with Gasteiger partial charge in [-0.05, 0) is 13.0 Å². The van der Waals surface area contributed by atoms with Gasteiger partial charge in [0.1, 0.15) is 0 Å². The highest BCUT2D eigenvalue weighted by Crippen LogP contribution is 2.24. The van der Waals surface area contributed by atoms with Crippen molar-refractivity contribution in [1.29, 1.82) is 0 Å². The quantitative estimate of drug-likeness (QED) is 0.866. The van der Waals surface area contributed by atoms with E-state index >= 15 is 0 Å². The van der Waals surface area contributed by atoms with Crippen molar-refractivity contribution in [2.24, 2.45) is 0 Å². The minimum Gasteiger partial charge on any atom is -0.376 e. The Morgan fingerprint density at radius 1 is 1.24 bits per heavy atom. The lowest BCUT2D eigenvalue weighted by Crippen LogP contribution is -2.38. The Morgan fingerprint density at radius 3 is 2.65 bits per heavy atom. The molecule has 0 aliphatic heterocycles. The number of alkyl halides is 2. The predicted molar refractivity (Wildman–Crippen MR) is 73.0 cm³/mol. The van der Waals surface area contributed by atoms with E-state index in [2.05, 4.69) is 15.5 Å². The molecule has 1 aromatic heterocycles. The Hall–Kier alpha value is -1.06. The standard InChI is InChI=1S/C12H13Cl2N3/c1-12(7-13,8-14)16-11-6-15-17-10-5-3-2-4-9(10)11/h2-6H,7-8H2,1H3,(H,16,17). The summed E-state index contributed by atoms with van der Waals surface area (Å²) in [6.07, 6.45) is 1.69. The monoisotopic (exact) mass is 269 g/mol. The van der Waals surface area contributed by atoms with Gasteiger partial charge >= 0.3 is 0 Å². The minimum atomic E-state index is -0.352.